The third-order valence-electron chi connectivity index (χ3n) is 2.38. The van der Waals surface area contributed by atoms with Gasteiger partial charge >= 0.3 is 5.97 Å². The highest BCUT2D eigenvalue weighted by Gasteiger charge is 2.13. The van der Waals surface area contributed by atoms with Crippen molar-refractivity contribution in [3.63, 3.8) is 0 Å². The Morgan fingerprint density at radius 2 is 2.08 bits per heavy atom. The number of nitrogens with two attached hydrogens (primary N) is 1. The molecule has 1 rings (SSSR count). The van der Waals surface area contributed by atoms with E-state index >= 15 is 0 Å². The Labute approximate surface area is 78.9 Å². The third-order valence-corrected chi connectivity index (χ3v) is 2.38. The summed E-state index contributed by atoms with van der Waals surface area (Å²) in [6.45, 7) is 0. The number of carbonyl (C=O) groups is 1. The Balaban J connectivity index is 2.47. The number of rotatable bonds is 2. The fourth-order valence-corrected chi connectivity index (χ4v) is 1.63. The monoisotopic (exact) mass is 183 g/mol. The molecular weight excluding hydrogens is 166 g/mol. The highest BCUT2D eigenvalue weighted by molar-refractivity contribution is 5.77. The van der Waals surface area contributed by atoms with Crippen molar-refractivity contribution in [1.82, 2.24) is 0 Å². The second-order valence-electron chi connectivity index (χ2n) is 3.43. The summed E-state index contributed by atoms with van der Waals surface area (Å²) in [6, 6.07) is -0.571. The molecule has 1 aliphatic rings. The molecule has 0 aliphatic heterocycles. The minimum Gasteiger partial charge on any atom is -0.468 e. The van der Waals surface area contributed by atoms with Gasteiger partial charge in [-0.2, -0.15) is 0 Å². The van der Waals surface area contributed by atoms with Crippen LogP contribution in [0.3, 0.4) is 0 Å². The van der Waals surface area contributed by atoms with Crippen LogP contribution in [0.5, 0.6) is 0 Å². The van der Waals surface area contributed by atoms with E-state index in [1.54, 1.807) is 0 Å². The first-order valence-electron chi connectivity index (χ1n) is 4.77. The zero-order valence-electron chi connectivity index (χ0n) is 8.08. The molecule has 0 aromatic rings. The average molecular weight is 183 g/mol. The van der Waals surface area contributed by atoms with Crippen LogP contribution in [0, 0.1) is 0 Å². The summed E-state index contributed by atoms with van der Waals surface area (Å²) in [7, 11) is 1.36. The van der Waals surface area contributed by atoms with Gasteiger partial charge in [0.25, 0.3) is 0 Å². The minimum atomic E-state index is -0.571. The maximum absolute atomic E-state index is 11.0. The SMILES string of the molecule is COC(=O)[C@@H](N)C=C1CCCCC1. The first kappa shape index (κ1) is 10.3. The molecule has 13 heavy (non-hydrogen) atoms. The van der Waals surface area contributed by atoms with Crippen molar-refractivity contribution in [1.29, 1.82) is 0 Å². The predicted octanol–water partition coefficient (Wildman–Crippen LogP) is 1.38. The van der Waals surface area contributed by atoms with Gasteiger partial charge in [0.1, 0.15) is 6.04 Å². The molecule has 0 spiro atoms. The minimum absolute atomic E-state index is 0.349. The molecule has 74 valence electrons. The molecule has 3 heteroatoms. The van der Waals surface area contributed by atoms with E-state index in [1.165, 1.54) is 31.9 Å². The van der Waals surface area contributed by atoms with Gasteiger partial charge in [-0.1, -0.05) is 18.1 Å². The van der Waals surface area contributed by atoms with Gasteiger partial charge in [-0.15, -0.1) is 0 Å². The lowest BCUT2D eigenvalue weighted by Gasteiger charge is -2.14. The van der Waals surface area contributed by atoms with Gasteiger partial charge in [0.15, 0.2) is 0 Å². The Morgan fingerprint density at radius 3 is 2.62 bits per heavy atom. The molecule has 1 saturated carbocycles. The summed E-state index contributed by atoms with van der Waals surface area (Å²) < 4.78 is 4.55. The molecule has 0 amide bonds. The quantitative estimate of drug-likeness (QED) is 0.519. The van der Waals surface area contributed by atoms with Crippen LogP contribution in [-0.2, 0) is 9.53 Å². The van der Waals surface area contributed by atoms with Crippen molar-refractivity contribution in [3.05, 3.63) is 11.6 Å². The van der Waals surface area contributed by atoms with Crippen LogP contribution in [0.25, 0.3) is 0 Å². The maximum atomic E-state index is 11.0. The second-order valence-corrected chi connectivity index (χ2v) is 3.43. The van der Waals surface area contributed by atoms with Crippen LogP contribution in [0.4, 0.5) is 0 Å². The van der Waals surface area contributed by atoms with E-state index in [4.69, 9.17) is 5.73 Å². The molecule has 0 aromatic heterocycles. The van der Waals surface area contributed by atoms with Crippen molar-refractivity contribution in [2.45, 2.75) is 38.1 Å². The fourth-order valence-electron chi connectivity index (χ4n) is 1.63. The Hall–Kier alpha value is -0.830. The molecule has 1 fully saturated rings. The standard InChI is InChI=1S/C10H17NO2/c1-13-10(12)9(11)7-8-5-3-2-4-6-8/h7,9H,2-6,11H2,1H3/t9-/m0/s1. The number of esters is 1. The van der Waals surface area contributed by atoms with Gasteiger partial charge in [-0.3, -0.25) is 4.79 Å². The number of allylic oxidation sites excluding steroid dienone is 1. The molecule has 1 atom stereocenters. The lowest BCUT2D eigenvalue weighted by atomic mass is 9.93. The lowest BCUT2D eigenvalue weighted by molar-refractivity contribution is -0.140. The molecule has 0 aromatic carbocycles. The number of hydrogen-bond donors (Lipinski definition) is 1. The summed E-state index contributed by atoms with van der Waals surface area (Å²) in [4.78, 5) is 11.0. The molecule has 0 bridgehead atoms. The fraction of sp³-hybridized carbons (Fsp3) is 0.700. The predicted molar refractivity (Wildman–Crippen MR) is 51.2 cm³/mol. The Kier molecular flexibility index (Phi) is 3.96. The molecule has 0 radical (unpaired) electrons. The first-order valence-corrected chi connectivity index (χ1v) is 4.77. The zero-order valence-corrected chi connectivity index (χ0v) is 8.08. The number of carbonyl (C=O) groups excluding carboxylic acids is 1. The third kappa shape index (κ3) is 3.19. The maximum Gasteiger partial charge on any atom is 0.326 e. The van der Waals surface area contributed by atoms with E-state index in [0.29, 0.717) is 0 Å². The van der Waals surface area contributed by atoms with Crippen LogP contribution >= 0.6 is 0 Å². The summed E-state index contributed by atoms with van der Waals surface area (Å²) in [5, 5.41) is 0. The smallest absolute Gasteiger partial charge is 0.326 e. The van der Waals surface area contributed by atoms with Gasteiger partial charge in [0.2, 0.25) is 0 Å². The summed E-state index contributed by atoms with van der Waals surface area (Å²) in [6.07, 6.45) is 7.77. The van der Waals surface area contributed by atoms with E-state index in [1.807, 2.05) is 6.08 Å². The highest BCUT2D eigenvalue weighted by Crippen LogP contribution is 2.22. The van der Waals surface area contributed by atoms with Crippen molar-refractivity contribution in [2.75, 3.05) is 7.11 Å². The van der Waals surface area contributed by atoms with E-state index in [-0.39, 0.29) is 5.97 Å². The van der Waals surface area contributed by atoms with Crippen molar-refractivity contribution >= 4 is 5.97 Å². The van der Waals surface area contributed by atoms with Crippen molar-refractivity contribution < 1.29 is 9.53 Å². The summed E-state index contributed by atoms with van der Waals surface area (Å²) in [5.74, 6) is -0.349. The van der Waals surface area contributed by atoms with Crippen molar-refractivity contribution in [3.8, 4) is 0 Å². The number of methoxy groups -OCH3 is 1. The van der Waals surface area contributed by atoms with E-state index in [9.17, 15) is 4.79 Å². The number of hydrogen-bond acceptors (Lipinski definition) is 3. The van der Waals surface area contributed by atoms with Gasteiger partial charge in [-0.05, 0) is 25.7 Å². The molecule has 0 heterocycles. The zero-order chi connectivity index (χ0) is 9.68. The van der Waals surface area contributed by atoms with E-state index in [0.717, 1.165) is 12.8 Å². The first-order chi connectivity index (χ1) is 6.24. The van der Waals surface area contributed by atoms with E-state index in [2.05, 4.69) is 4.74 Å². The molecular formula is C10H17NO2. The van der Waals surface area contributed by atoms with Crippen LogP contribution < -0.4 is 5.73 Å². The summed E-state index contributed by atoms with van der Waals surface area (Å²) >= 11 is 0. The molecule has 0 unspecified atom stereocenters. The second kappa shape index (κ2) is 5.02. The number of ether oxygens (including phenoxy) is 1. The van der Waals surface area contributed by atoms with Crippen LogP contribution in [0.1, 0.15) is 32.1 Å². The van der Waals surface area contributed by atoms with Crippen LogP contribution in [0.2, 0.25) is 0 Å². The molecule has 0 saturated heterocycles. The van der Waals surface area contributed by atoms with Crippen LogP contribution in [-0.4, -0.2) is 19.1 Å². The lowest BCUT2D eigenvalue weighted by Crippen LogP contribution is -2.29. The molecule has 3 nitrogen and oxygen atoms in total. The van der Waals surface area contributed by atoms with Gasteiger partial charge in [0, 0.05) is 0 Å². The summed E-state index contributed by atoms with van der Waals surface area (Å²) in [5.41, 5.74) is 6.92. The topological polar surface area (TPSA) is 52.3 Å². The molecule has 1 aliphatic carbocycles. The van der Waals surface area contributed by atoms with Crippen LogP contribution in [0.15, 0.2) is 11.6 Å². The van der Waals surface area contributed by atoms with Crippen molar-refractivity contribution in [2.24, 2.45) is 5.73 Å². The highest BCUT2D eigenvalue weighted by atomic mass is 16.5. The molecule has 2 N–H and O–H groups in total. The van der Waals surface area contributed by atoms with Gasteiger partial charge in [0.05, 0.1) is 7.11 Å². The van der Waals surface area contributed by atoms with E-state index < -0.39 is 6.04 Å². The Morgan fingerprint density at radius 1 is 1.46 bits per heavy atom. The largest absolute Gasteiger partial charge is 0.468 e. The average Bonchev–Trinajstić information content (AvgIpc) is 2.18. The normalized spacial score (nSPS) is 19.4. The Bertz CT molecular complexity index is 203. The van der Waals surface area contributed by atoms with Gasteiger partial charge in [-0.25, -0.2) is 0 Å². The van der Waals surface area contributed by atoms with Gasteiger partial charge < -0.3 is 10.5 Å².